The van der Waals surface area contributed by atoms with Crippen molar-refractivity contribution in [2.45, 2.75) is 39.2 Å². The summed E-state index contributed by atoms with van der Waals surface area (Å²) >= 11 is 3.47. The molecule has 1 rings (SSSR count). The third-order valence-electron chi connectivity index (χ3n) is 2.89. The summed E-state index contributed by atoms with van der Waals surface area (Å²) in [6.45, 7) is 6.97. The molecule has 0 aliphatic carbocycles. The lowest BCUT2D eigenvalue weighted by Gasteiger charge is -2.18. The number of hydrogen-bond acceptors (Lipinski definition) is 2. The van der Waals surface area contributed by atoms with Gasteiger partial charge in [-0.1, -0.05) is 35.0 Å². The lowest BCUT2D eigenvalue weighted by molar-refractivity contribution is 0.136. The molecule has 1 aromatic rings. The summed E-state index contributed by atoms with van der Waals surface area (Å²) in [6.07, 6.45) is 3.32. The Balaban J connectivity index is 2.45. The Hall–Kier alpha value is -0.380. The van der Waals surface area contributed by atoms with E-state index in [0.29, 0.717) is 6.04 Å². The van der Waals surface area contributed by atoms with Crippen LogP contribution < -0.4 is 5.32 Å². The molecule has 0 fully saturated rings. The number of hydrogen-bond donors (Lipinski definition) is 1. The molecule has 102 valence electrons. The third kappa shape index (κ3) is 6.53. The van der Waals surface area contributed by atoms with Gasteiger partial charge in [-0.15, -0.1) is 0 Å². The van der Waals surface area contributed by atoms with Gasteiger partial charge in [0.15, 0.2) is 0 Å². The Kier molecular flexibility index (Phi) is 8.31. The molecular weight excluding hydrogens is 290 g/mol. The van der Waals surface area contributed by atoms with Crippen LogP contribution in [-0.4, -0.2) is 25.8 Å². The minimum atomic E-state index is 0.512. The molecule has 0 radical (unpaired) electrons. The summed E-state index contributed by atoms with van der Waals surface area (Å²) in [5.74, 6) is 0. The molecule has 0 saturated carbocycles. The van der Waals surface area contributed by atoms with E-state index in [1.165, 1.54) is 12.0 Å². The first-order valence-corrected chi connectivity index (χ1v) is 7.61. The van der Waals surface area contributed by atoms with E-state index in [4.69, 9.17) is 4.74 Å². The van der Waals surface area contributed by atoms with E-state index in [2.05, 4.69) is 52.4 Å². The van der Waals surface area contributed by atoms with Crippen LogP contribution in [0.1, 0.15) is 32.3 Å². The normalized spacial score (nSPS) is 12.6. The highest BCUT2D eigenvalue weighted by Gasteiger charge is 2.08. The largest absolute Gasteiger partial charge is 0.382 e. The second-order valence-corrected chi connectivity index (χ2v) is 5.38. The molecule has 0 aliphatic rings. The molecule has 2 nitrogen and oxygen atoms in total. The number of benzene rings is 1. The van der Waals surface area contributed by atoms with Gasteiger partial charge in [0.2, 0.25) is 0 Å². The van der Waals surface area contributed by atoms with E-state index < -0.39 is 0 Å². The lowest BCUT2D eigenvalue weighted by atomic mass is 10.0. The second-order valence-electron chi connectivity index (χ2n) is 4.47. The Morgan fingerprint density at radius 1 is 1.22 bits per heavy atom. The quantitative estimate of drug-likeness (QED) is 0.700. The van der Waals surface area contributed by atoms with Gasteiger partial charge in [-0.3, -0.25) is 0 Å². The highest BCUT2D eigenvalue weighted by molar-refractivity contribution is 9.10. The molecule has 0 aliphatic heterocycles. The molecule has 0 heterocycles. The molecule has 0 aromatic heterocycles. The summed E-state index contributed by atoms with van der Waals surface area (Å²) in [7, 11) is 0. The standard InChI is InChI=1S/C15H24BrNO/c1-3-10-17-15(9-11-18-4-2)12-13-5-7-14(16)8-6-13/h5-8,15,17H,3-4,9-12H2,1-2H3. The summed E-state index contributed by atoms with van der Waals surface area (Å²) in [5, 5.41) is 3.60. The van der Waals surface area contributed by atoms with E-state index >= 15 is 0 Å². The van der Waals surface area contributed by atoms with Gasteiger partial charge in [-0.05, 0) is 50.4 Å². The molecule has 1 aromatic carbocycles. The third-order valence-corrected chi connectivity index (χ3v) is 3.42. The molecule has 3 heteroatoms. The maximum Gasteiger partial charge on any atom is 0.0480 e. The fraction of sp³-hybridized carbons (Fsp3) is 0.600. The van der Waals surface area contributed by atoms with Crippen LogP contribution in [-0.2, 0) is 11.2 Å². The van der Waals surface area contributed by atoms with Gasteiger partial charge in [0.1, 0.15) is 0 Å². The monoisotopic (exact) mass is 313 g/mol. The van der Waals surface area contributed by atoms with Crippen molar-refractivity contribution in [3.05, 3.63) is 34.3 Å². The summed E-state index contributed by atoms with van der Waals surface area (Å²) in [6, 6.07) is 9.10. The van der Waals surface area contributed by atoms with E-state index in [1.807, 2.05) is 6.92 Å². The lowest BCUT2D eigenvalue weighted by Crippen LogP contribution is -2.33. The minimum Gasteiger partial charge on any atom is -0.382 e. The number of rotatable bonds is 9. The SMILES string of the molecule is CCCNC(CCOCC)Cc1ccc(Br)cc1. The van der Waals surface area contributed by atoms with Gasteiger partial charge in [0, 0.05) is 23.7 Å². The maximum absolute atomic E-state index is 5.45. The van der Waals surface area contributed by atoms with Crippen molar-refractivity contribution in [2.24, 2.45) is 0 Å². The van der Waals surface area contributed by atoms with Crippen LogP contribution in [0.15, 0.2) is 28.7 Å². The fourth-order valence-electron chi connectivity index (χ4n) is 1.90. The predicted octanol–water partition coefficient (Wildman–Crippen LogP) is 3.79. The fourth-order valence-corrected chi connectivity index (χ4v) is 2.16. The van der Waals surface area contributed by atoms with Crippen molar-refractivity contribution in [1.29, 1.82) is 0 Å². The predicted molar refractivity (Wildman–Crippen MR) is 81.0 cm³/mol. The highest BCUT2D eigenvalue weighted by Crippen LogP contribution is 2.13. The molecule has 18 heavy (non-hydrogen) atoms. The summed E-state index contributed by atoms with van der Waals surface area (Å²) in [5.41, 5.74) is 1.38. The molecule has 1 atom stereocenters. The summed E-state index contributed by atoms with van der Waals surface area (Å²) in [4.78, 5) is 0. The molecule has 0 amide bonds. The van der Waals surface area contributed by atoms with Crippen LogP contribution in [0, 0.1) is 0 Å². The van der Waals surface area contributed by atoms with Gasteiger partial charge >= 0.3 is 0 Å². The zero-order chi connectivity index (χ0) is 13.2. The van der Waals surface area contributed by atoms with Gasteiger partial charge < -0.3 is 10.1 Å². The van der Waals surface area contributed by atoms with Crippen LogP contribution in [0.5, 0.6) is 0 Å². The van der Waals surface area contributed by atoms with E-state index in [9.17, 15) is 0 Å². The first kappa shape index (κ1) is 15.7. The van der Waals surface area contributed by atoms with Crippen molar-refractivity contribution >= 4 is 15.9 Å². The number of halogens is 1. The second kappa shape index (κ2) is 9.54. The molecule has 1 unspecified atom stereocenters. The number of nitrogens with one attached hydrogen (secondary N) is 1. The van der Waals surface area contributed by atoms with Crippen molar-refractivity contribution < 1.29 is 4.74 Å². The Morgan fingerprint density at radius 3 is 2.56 bits per heavy atom. The van der Waals surface area contributed by atoms with Gasteiger partial charge in [-0.2, -0.15) is 0 Å². The molecule has 0 spiro atoms. The van der Waals surface area contributed by atoms with Crippen LogP contribution in [0.4, 0.5) is 0 Å². The zero-order valence-corrected chi connectivity index (χ0v) is 13.0. The van der Waals surface area contributed by atoms with E-state index in [-0.39, 0.29) is 0 Å². The average Bonchev–Trinajstić information content (AvgIpc) is 2.38. The first-order chi connectivity index (χ1) is 8.76. The van der Waals surface area contributed by atoms with Crippen LogP contribution in [0.25, 0.3) is 0 Å². The summed E-state index contributed by atoms with van der Waals surface area (Å²) < 4.78 is 6.59. The smallest absolute Gasteiger partial charge is 0.0480 e. The number of ether oxygens (including phenoxy) is 1. The molecule has 0 saturated heterocycles. The van der Waals surface area contributed by atoms with Crippen LogP contribution in [0.3, 0.4) is 0 Å². The van der Waals surface area contributed by atoms with Crippen molar-refractivity contribution in [2.75, 3.05) is 19.8 Å². The zero-order valence-electron chi connectivity index (χ0n) is 11.4. The Morgan fingerprint density at radius 2 is 1.94 bits per heavy atom. The molecule has 0 bridgehead atoms. The maximum atomic E-state index is 5.45. The molecular formula is C15H24BrNO. The minimum absolute atomic E-state index is 0.512. The van der Waals surface area contributed by atoms with Crippen LogP contribution in [0.2, 0.25) is 0 Å². The van der Waals surface area contributed by atoms with Gasteiger partial charge in [-0.25, -0.2) is 0 Å². The Labute approximate surface area is 119 Å². The van der Waals surface area contributed by atoms with E-state index in [1.54, 1.807) is 0 Å². The molecule has 1 N–H and O–H groups in total. The highest BCUT2D eigenvalue weighted by atomic mass is 79.9. The Bertz CT molecular complexity index is 313. The van der Waals surface area contributed by atoms with E-state index in [0.717, 1.165) is 37.1 Å². The topological polar surface area (TPSA) is 21.3 Å². The van der Waals surface area contributed by atoms with Crippen molar-refractivity contribution in [3.8, 4) is 0 Å². The van der Waals surface area contributed by atoms with Crippen molar-refractivity contribution in [1.82, 2.24) is 5.32 Å². The van der Waals surface area contributed by atoms with Crippen LogP contribution >= 0.6 is 15.9 Å². The van der Waals surface area contributed by atoms with Crippen molar-refractivity contribution in [3.63, 3.8) is 0 Å². The van der Waals surface area contributed by atoms with Gasteiger partial charge in [0.05, 0.1) is 0 Å². The average molecular weight is 314 g/mol. The first-order valence-electron chi connectivity index (χ1n) is 6.81. The van der Waals surface area contributed by atoms with Gasteiger partial charge in [0.25, 0.3) is 0 Å².